The van der Waals surface area contributed by atoms with Crippen LogP contribution in [0.3, 0.4) is 0 Å². The number of furan rings is 1. The quantitative estimate of drug-likeness (QED) is 0.236. The summed E-state index contributed by atoms with van der Waals surface area (Å²) in [6.07, 6.45) is 1.70. The molecule has 0 spiro atoms. The van der Waals surface area contributed by atoms with Gasteiger partial charge in [0.05, 0.1) is 20.8 Å². The van der Waals surface area contributed by atoms with E-state index in [1.807, 2.05) is 72.1 Å². The van der Waals surface area contributed by atoms with Crippen molar-refractivity contribution in [1.82, 2.24) is 4.57 Å². The van der Waals surface area contributed by atoms with Crippen LogP contribution in [0.15, 0.2) is 110 Å². The number of aromatic nitrogens is 1. The summed E-state index contributed by atoms with van der Waals surface area (Å²) < 4.78 is 13.7. The van der Waals surface area contributed by atoms with Gasteiger partial charge in [0.1, 0.15) is 24.2 Å². The molecule has 1 aliphatic heterocycles. The van der Waals surface area contributed by atoms with E-state index < -0.39 is 12.0 Å². The lowest BCUT2D eigenvalue weighted by molar-refractivity contribution is -0.140. The predicted octanol–water partition coefficient (Wildman–Crippen LogP) is 5.95. The first-order chi connectivity index (χ1) is 19.0. The molecule has 0 saturated carbocycles. The van der Waals surface area contributed by atoms with E-state index in [2.05, 4.69) is 4.99 Å². The molecular weight excluding hydrogens is 552 g/mol. The van der Waals surface area contributed by atoms with Crippen molar-refractivity contribution in [3.05, 3.63) is 136 Å². The molecule has 1 unspecified atom stereocenters. The topological polar surface area (TPSA) is 73.8 Å². The normalized spacial score (nSPS) is 15.2. The van der Waals surface area contributed by atoms with Gasteiger partial charge in [-0.25, -0.2) is 9.79 Å². The summed E-state index contributed by atoms with van der Waals surface area (Å²) in [4.78, 5) is 33.2. The van der Waals surface area contributed by atoms with Gasteiger partial charge < -0.3 is 9.15 Å². The number of hydrogen-bond donors (Lipinski definition) is 0. The van der Waals surface area contributed by atoms with Crippen LogP contribution < -0.4 is 14.9 Å². The number of nitrogens with zero attached hydrogens (tertiary/aromatic N) is 2. The average Bonchev–Trinajstić information content (AvgIpc) is 3.70. The van der Waals surface area contributed by atoms with Gasteiger partial charge in [-0.05, 0) is 48.2 Å². The largest absolute Gasteiger partial charge is 0.457 e. The van der Waals surface area contributed by atoms with Gasteiger partial charge in [0.15, 0.2) is 4.80 Å². The highest BCUT2D eigenvalue weighted by Gasteiger charge is 2.34. The van der Waals surface area contributed by atoms with Gasteiger partial charge in [-0.1, -0.05) is 71.5 Å². The van der Waals surface area contributed by atoms with Crippen molar-refractivity contribution in [2.75, 3.05) is 0 Å². The standard InChI is InChI=1S/C30H21ClN2O4S2/c1-18-26(29(35)36-17-19-8-3-2-4-9-19)27(24-12-7-15-38-24)33-28(34)25(39-30(33)32-18)16-20-13-14-23(37-20)21-10-5-6-11-22(21)31/h2-16,27H,17H2,1H3/b25-16+. The third-order valence-electron chi connectivity index (χ3n) is 6.31. The van der Waals surface area contributed by atoms with Crippen LogP contribution in [0.1, 0.15) is 29.2 Å². The van der Waals surface area contributed by atoms with Gasteiger partial charge in [-0.15, -0.1) is 11.3 Å². The highest BCUT2D eigenvalue weighted by Crippen LogP contribution is 2.33. The fourth-order valence-corrected chi connectivity index (χ4v) is 6.54. The molecule has 39 heavy (non-hydrogen) atoms. The Morgan fingerprint density at radius 3 is 2.64 bits per heavy atom. The van der Waals surface area contributed by atoms with Crippen LogP contribution in [0.2, 0.25) is 5.02 Å². The number of rotatable bonds is 6. The van der Waals surface area contributed by atoms with Gasteiger partial charge in [-0.2, -0.15) is 0 Å². The summed E-state index contributed by atoms with van der Waals surface area (Å²) in [7, 11) is 0. The molecule has 0 amide bonds. The molecule has 0 fully saturated rings. The Kier molecular flexibility index (Phi) is 6.91. The van der Waals surface area contributed by atoms with E-state index in [0.29, 0.717) is 37.1 Å². The van der Waals surface area contributed by atoms with Crippen molar-refractivity contribution in [3.8, 4) is 11.3 Å². The number of carbonyl (C=O) groups is 1. The minimum absolute atomic E-state index is 0.129. The second kappa shape index (κ2) is 10.6. The molecule has 1 aliphatic rings. The summed E-state index contributed by atoms with van der Waals surface area (Å²) in [6, 6.07) is 23.7. The van der Waals surface area contributed by atoms with Gasteiger partial charge in [0, 0.05) is 16.5 Å². The van der Waals surface area contributed by atoms with Crippen LogP contribution >= 0.6 is 34.3 Å². The molecule has 0 aliphatic carbocycles. The highest BCUT2D eigenvalue weighted by molar-refractivity contribution is 7.10. The molecule has 2 aromatic carbocycles. The van der Waals surface area contributed by atoms with Crippen LogP contribution in [-0.4, -0.2) is 10.5 Å². The van der Waals surface area contributed by atoms with E-state index in [0.717, 1.165) is 16.0 Å². The average molecular weight is 573 g/mol. The molecule has 0 bridgehead atoms. The zero-order valence-corrected chi connectivity index (χ0v) is 23.1. The van der Waals surface area contributed by atoms with Crippen molar-refractivity contribution in [1.29, 1.82) is 0 Å². The fourth-order valence-electron chi connectivity index (χ4n) is 4.46. The van der Waals surface area contributed by atoms with Gasteiger partial charge >= 0.3 is 5.97 Å². The lowest BCUT2D eigenvalue weighted by Gasteiger charge is -2.23. The monoisotopic (exact) mass is 572 g/mol. The number of esters is 1. The maximum absolute atomic E-state index is 13.8. The van der Waals surface area contributed by atoms with Crippen molar-refractivity contribution in [3.63, 3.8) is 0 Å². The van der Waals surface area contributed by atoms with Gasteiger partial charge in [0.25, 0.3) is 5.56 Å². The molecule has 0 saturated heterocycles. The molecule has 1 atom stereocenters. The van der Waals surface area contributed by atoms with Gasteiger partial charge in [-0.3, -0.25) is 9.36 Å². The number of benzene rings is 2. The Morgan fingerprint density at radius 1 is 1.08 bits per heavy atom. The first kappa shape index (κ1) is 25.3. The van der Waals surface area contributed by atoms with E-state index in [1.54, 1.807) is 29.7 Å². The van der Waals surface area contributed by atoms with Crippen LogP contribution in [0.5, 0.6) is 0 Å². The maximum atomic E-state index is 13.8. The number of allylic oxidation sites excluding steroid dienone is 1. The third-order valence-corrected chi connectivity index (χ3v) is 8.54. The van der Waals surface area contributed by atoms with E-state index in [9.17, 15) is 9.59 Å². The fraction of sp³-hybridized carbons (Fsp3) is 0.100. The number of ether oxygens (including phenoxy) is 1. The van der Waals surface area contributed by atoms with E-state index >= 15 is 0 Å². The predicted molar refractivity (Wildman–Crippen MR) is 153 cm³/mol. The summed E-state index contributed by atoms with van der Waals surface area (Å²) in [5.41, 5.74) is 2.27. The van der Waals surface area contributed by atoms with E-state index in [-0.39, 0.29) is 12.2 Å². The molecule has 4 heterocycles. The first-order valence-corrected chi connectivity index (χ1v) is 14.2. The SMILES string of the molecule is CC1=C(C(=O)OCc2ccccc2)C(c2cccs2)n2c(s/c(=C/c3ccc(-c4ccccc4Cl)o3)c2=O)=N1. The number of thiophene rings is 1. The van der Waals surface area contributed by atoms with Crippen molar-refractivity contribution in [2.45, 2.75) is 19.6 Å². The van der Waals surface area contributed by atoms with Crippen molar-refractivity contribution < 1.29 is 13.9 Å². The molecule has 0 radical (unpaired) electrons. The van der Waals surface area contributed by atoms with Crippen molar-refractivity contribution in [2.24, 2.45) is 4.99 Å². The lowest BCUT2D eigenvalue weighted by Crippen LogP contribution is -2.39. The third kappa shape index (κ3) is 4.94. The minimum atomic E-state index is -0.637. The number of hydrogen-bond acceptors (Lipinski definition) is 7. The number of fused-ring (bicyclic) bond motifs is 1. The van der Waals surface area contributed by atoms with Crippen LogP contribution in [0.4, 0.5) is 0 Å². The molecular formula is C30H21ClN2O4S2. The summed E-state index contributed by atoms with van der Waals surface area (Å²) in [5.74, 6) is 0.625. The molecule has 9 heteroatoms. The molecule has 194 valence electrons. The van der Waals surface area contributed by atoms with Crippen LogP contribution in [0, 0.1) is 0 Å². The van der Waals surface area contributed by atoms with E-state index in [4.69, 9.17) is 20.8 Å². The van der Waals surface area contributed by atoms with Crippen LogP contribution in [0.25, 0.3) is 17.4 Å². The second-order valence-electron chi connectivity index (χ2n) is 8.84. The van der Waals surface area contributed by atoms with E-state index in [1.165, 1.54) is 22.7 Å². The summed E-state index contributed by atoms with van der Waals surface area (Å²) >= 11 is 9.05. The Balaban J connectivity index is 1.39. The first-order valence-electron chi connectivity index (χ1n) is 12.1. The Bertz CT molecular complexity index is 1880. The van der Waals surface area contributed by atoms with Crippen LogP contribution in [-0.2, 0) is 16.1 Å². The number of thiazole rings is 1. The molecule has 6 rings (SSSR count). The Hall–Kier alpha value is -3.98. The summed E-state index contributed by atoms with van der Waals surface area (Å²) in [5, 5.41) is 2.50. The molecule has 5 aromatic rings. The smallest absolute Gasteiger partial charge is 0.338 e. The molecule has 0 N–H and O–H groups in total. The Morgan fingerprint density at radius 2 is 1.87 bits per heavy atom. The zero-order chi connectivity index (χ0) is 26.9. The maximum Gasteiger partial charge on any atom is 0.338 e. The highest BCUT2D eigenvalue weighted by atomic mass is 35.5. The van der Waals surface area contributed by atoms with Gasteiger partial charge in [0.2, 0.25) is 0 Å². The Labute approximate surface area is 236 Å². The molecule has 3 aromatic heterocycles. The minimum Gasteiger partial charge on any atom is -0.457 e. The summed E-state index contributed by atoms with van der Waals surface area (Å²) in [6.45, 7) is 1.91. The van der Waals surface area contributed by atoms with Crippen molar-refractivity contribution >= 4 is 46.3 Å². The number of carbonyl (C=O) groups excluding carboxylic acids is 1. The second-order valence-corrected chi connectivity index (χ2v) is 11.2. The lowest BCUT2D eigenvalue weighted by atomic mass is 10.0. The molecule has 6 nitrogen and oxygen atoms in total. The number of halogens is 1. The zero-order valence-electron chi connectivity index (χ0n) is 20.7.